The fraction of sp³-hybridized carbons (Fsp3) is 0.176. The van der Waals surface area contributed by atoms with Crippen molar-refractivity contribution in [3.63, 3.8) is 0 Å². The highest BCUT2D eigenvalue weighted by molar-refractivity contribution is 9.10. The molecule has 112 valence electrons. The molecule has 0 bridgehead atoms. The Labute approximate surface area is 137 Å². The maximum atomic E-state index is 12.5. The van der Waals surface area contributed by atoms with Gasteiger partial charge in [-0.3, -0.25) is 9.59 Å². The highest BCUT2D eigenvalue weighted by Crippen LogP contribution is 2.19. The van der Waals surface area contributed by atoms with Crippen molar-refractivity contribution in [1.82, 2.24) is 4.90 Å². The highest BCUT2D eigenvalue weighted by atomic mass is 79.9. The molecule has 22 heavy (non-hydrogen) atoms. The summed E-state index contributed by atoms with van der Waals surface area (Å²) in [7, 11) is 0. The number of carbonyl (C=O) groups excluding carboxylic acids is 2. The number of hydrogen-bond acceptors (Lipinski definition) is 2. The van der Waals surface area contributed by atoms with E-state index in [0.29, 0.717) is 18.7 Å². The zero-order chi connectivity index (χ0) is 15.5. The number of nitrogens with zero attached hydrogens (tertiary/aromatic N) is 2. The van der Waals surface area contributed by atoms with Gasteiger partial charge in [-0.05, 0) is 30.3 Å². The fourth-order valence-corrected chi connectivity index (χ4v) is 2.93. The van der Waals surface area contributed by atoms with E-state index in [1.807, 2.05) is 42.5 Å². The first-order valence-corrected chi connectivity index (χ1v) is 7.85. The Balaban J connectivity index is 1.73. The molecule has 2 aromatic rings. The summed E-state index contributed by atoms with van der Waals surface area (Å²) in [6.45, 7) is 1.16. The number of rotatable bonds is 2. The van der Waals surface area contributed by atoms with Crippen LogP contribution in [0.1, 0.15) is 10.4 Å². The summed E-state index contributed by atoms with van der Waals surface area (Å²) in [4.78, 5) is 28.1. The van der Waals surface area contributed by atoms with Crippen molar-refractivity contribution in [2.75, 3.05) is 24.5 Å². The van der Waals surface area contributed by atoms with Crippen molar-refractivity contribution in [2.45, 2.75) is 0 Å². The summed E-state index contributed by atoms with van der Waals surface area (Å²) in [5, 5.41) is 0. The zero-order valence-corrected chi connectivity index (χ0v) is 13.5. The van der Waals surface area contributed by atoms with E-state index < -0.39 is 0 Å². The molecule has 3 rings (SSSR count). The van der Waals surface area contributed by atoms with Crippen LogP contribution in [0.4, 0.5) is 5.69 Å². The lowest BCUT2D eigenvalue weighted by atomic mass is 10.1. The topological polar surface area (TPSA) is 40.6 Å². The molecule has 0 unspecified atom stereocenters. The first-order valence-electron chi connectivity index (χ1n) is 7.05. The van der Waals surface area contributed by atoms with E-state index in [-0.39, 0.29) is 18.4 Å². The molecule has 1 aliphatic heterocycles. The molecule has 0 N–H and O–H groups in total. The third-order valence-corrected chi connectivity index (χ3v) is 4.14. The molecule has 2 aromatic carbocycles. The van der Waals surface area contributed by atoms with Crippen LogP contribution in [0.5, 0.6) is 0 Å². The molecule has 1 fully saturated rings. The summed E-state index contributed by atoms with van der Waals surface area (Å²) in [6, 6.07) is 16.8. The molecule has 0 aromatic heterocycles. The van der Waals surface area contributed by atoms with Gasteiger partial charge in [0.25, 0.3) is 5.91 Å². The highest BCUT2D eigenvalue weighted by Gasteiger charge is 2.28. The average Bonchev–Trinajstić information content (AvgIpc) is 2.55. The zero-order valence-electron chi connectivity index (χ0n) is 11.9. The summed E-state index contributed by atoms with van der Waals surface area (Å²) >= 11 is 3.36. The van der Waals surface area contributed by atoms with Crippen LogP contribution in [0.3, 0.4) is 0 Å². The number of amides is 2. The number of para-hydroxylation sites is 1. The van der Waals surface area contributed by atoms with Gasteiger partial charge in [-0.1, -0.05) is 40.2 Å². The molecule has 0 aliphatic carbocycles. The molecule has 0 spiro atoms. The van der Waals surface area contributed by atoms with Gasteiger partial charge in [-0.15, -0.1) is 0 Å². The van der Waals surface area contributed by atoms with E-state index in [9.17, 15) is 9.59 Å². The molecule has 2 amide bonds. The summed E-state index contributed by atoms with van der Waals surface area (Å²) in [5.41, 5.74) is 1.47. The summed E-state index contributed by atoms with van der Waals surface area (Å²) in [6.07, 6.45) is 0. The maximum absolute atomic E-state index is 12.5. The summed E-state index contributed by atoms with van der Waals surface area (Å²) in [5.74, 6) is -0.164. The summed E-state index contributed by atoms with van der Waals surface area (Å²) < 4.78 is 0.854. The van der Waals surface area contributed by atoms with E-state index in [4.69, 9.17) is 0 Å². The lowest BCUT2D eigenvalue weighted by Crippen LogP contribution is -2.52. The Morgan fingerprint density at radius 1 is 1.00 bits per heavy atom. The quantitative estimate of drug-likeness (QED) is 0.827. The predicted molar refractivity (Wildman–Crippen MR) is 88.8 cm³/mol. The van der Waals surface area contributed by atoms with Gasteiger partial charge in [-0.2, -0.15) is 0 Å². The number of carbonyl (C=O) groups is 2. The molecule has 1 heterocycles. The van der Waals surface area contributed by atoms with Crippen molar-refractivity contribution in [2.24, 2.45) is 0 Å². The molecular weight excluding hydrogens is 344 g/mol. The van der Waals surface area contributed by atoms with Gasteiger partial charge in [0.1, 0.15) is 6.54 Å². The van der Waals surface area contributed by atoms with Crippen LogP contribution in [0.15, 0.2) is 59.1 Å². The van der Waals surface area contributed by atoms with Gasteiger partial charge in [0, 0.05) is 28.8 Å². The number of benzene rings is 2. The lowest BCUT2D eigenvalue weighted by molar-refractivity contribution is -0.120. The molecule has 4 nitrogen and oxygen atoms in total. The Bertz CT molecular complexity index is 703. The van der Waals surface area contributed by atoms with Gasteiger partial charge >= 0.3 is 0 Å². The largest absolute Gasteiger partial charge is 0.328 e. The monoisotopic (exact) mass is 358 g/mol. The van der Waals surface area contributed by atoms with Crippen molar-refractivity contribution in [3.8, 4) is 0 Å². The SMILES string of the molecule is O=C(c1cccc(Br)c1)N1CCN(c2ccccc2)C(=O)C1. The first kappa shape index (κ1) is 14.8. The molecule has 0 radical (unpaired) electrons. The first-order chi connectivity index (χ1) is 10.6. The normalized spacial score (nSPS) is 15.0. The van der Waals surface area contributed by atoms with Gasteiger partial charge in [0.15, 0.2) is 0 Å². The van der Waals surface area contributed by atoms with Crippen LogP contribution in [-0.2, 0) is 4.79 Å². The lowest BCUT2D eigenvalue weighted by Gasteiger charge is -2.34. The van der Waals surface area contributed by atoms with Gasteiger partial charge in [0.05, 0.1) is 0 Å². The molecule has 5 heteroatoms. The van der Waals surface area contributed by atoms with Crippen molar-refractivity contribution in [3.05, 3.63) is 64.6 Å². The fourth-order valence-electron chi connectivity index (χ4n) is 2.53. The minimum Gasteiger partial charge on any atom is -0.328 e. The Hall–Kier alpha value is -2.14. The van der Waals surface area contributed by atoms with E-state index in [0.717, 1.165) is 10.2 Å². The van der Waals surface area contributed by atoms with Crippen molar-refractivity contribution in [1.29, 1.82) is 0 Å². The molecule has 1 aliphatic rings. The van der Waals surface area contributed by atoms with Crippen molar-refractivity contribution < 1.29 is 9.59 Å². The third kappa shape index (κ3) is 3.04. The van der Waals surface area contributed by atoms with Gasteiger partial charge in [-0.25, -0.2) is 0 Å². The van der Waals surface area contributed by atoms with Crippen LogP contribution in [0.2, 0.25) is 0 Å². The van der Waals surface area contributed by atoms with Crippen LogP contribution in [0, 0.1) is 0 Å². The Kier molecular flexibility index (Phi) is 4.24. The molecular formula is C17H15BrN2O2. The second kappa shape index (κ2) is 6.32. The van der Waals surface area contributed by atoms with Crippen LogP contribution in [0.25, 0.3) is 0 Å². The van der Waals surface area contributed by atoms with Gasteiger partial charge in [0.2, 0.25) is 5.91 Å². The maximum Gasteiger partial charge on any atom is 0.254 e. The minimum atomic E-state index is -0.109. The second-order valence-corrected chi connectivity index (χ2v) is 6.03. The molecule has 0 saturated carbocycles. The van der Waals surface area contributed by atoms with Gasteiger partial charge < -0.3 is 9.80 Å². The standard InChI is InChI=1S/C17H15BrN2O2/c18-14-6-4-5-13(11-14)17(22)19-9-10-20(16(21)12-19)15-7-2-1-3-8-15/h1-8,11H,9-10,12H2. The van der Waals surface area contributed by atoms with Crippen LogP contribution >= 0.6 is 15.9 Å². The van der Waals surface area contributed by atoms with E-state index in [1.54, 1.807) is 21.9 Å². The van der Waals surface area contributed by atoms with E-state index in [2.05, 4.69) is 15.9 Å². The van der Waals surface area contributed by atoms with Crippen LogP contribution < -0.4 is 4.90 Å². The van der Waals surface area contributed by atoms with Crippen LogP contribution in [-0.4, -0.2) is 36.3 Å². The Morgan fingerprint density at radius 2 is 1.77 bits per heavy atom. The predicted octanol–water partition coefficient (Wildman–Crippen LogP) is 2.94. The third-order valence-electron chi connectivity index (χ3n) is 3.65. The average molecular weight is 359 g/mol. The number of anilines is 1. The number of halogens is 1. The number of piperazine rings is 1. The molecule has 0 atom stereocenters. The Morgan fingerprint density at radius 3 is 2.45 bits per heavy atom. The van der Waals surface area contributed by atoms with Crippen molar-refractivity contribution >= 4 is 33.4 Å². The second-order valence-electron chi connectivity index (χ2n) is 5.12. The van der Waals surface area contributed by atoms with E-state index in [1.165, 1.54) is 0 Å². The number of hydrogen-bond donors (Lipinski definition) is 0. The van der Waals surface area contributed by atoms with E-state index >= 15 is 0 Å². The molecule has 1 saturated heterocycles. The minimum absolute atomic E-state index is 0.0548. The smallest absolute Gasteiger partial charge is 0.254 e.